The largest absolute Gasteiger partial charge is 0.493 e. The monoisotopic (exact) mass is 373 g/mol. The maximum Gasteiger partial charge on any atom is 0.241 e. The molecule has 7 heteroatoms. The molecule has 1 unspecified atom stereocenters. The fraction of sp³-hybridized carbons (Fsp3) is 0.316. The standard InChI is InChI=1S/C19H23N3O3S/c1-3-25-18-9-10-19(17-8-5-4-7-16(17)18)26(23,24)21-13-15(2)14-22-12-6-11-20-22/h4-12,15,21H,3,13-14H2,1-2H3. The molecule has 2 aromatic carbocycles. The number of sulfonamides is 1. The zero-order valence-corrected chi connectivity index (χ0v) is 15.7. The van der Waals surface area contributed by atoms with Crippen LogP contribution in [0.4, 0.5) is 0 Å². The third kappa shape index (κ3) is 4.05. The average Bonchev–Trinajstić information content (AvgIpc) is 3.13. The molecular weight excluding hydrogens is 350 g/mol. The molecule has 6 nitrogen and oxygen atoms in total. The van der Waals surface area contributed by atoms with Crippen LogP contribution in [0.3, 0.4) is 0 Å². The average molecular weight is 373 g/mol. The van der Waals surface area contributed by atoms with Gasteiger partial charge in [0.1, 0.15) is 5.75 Å². The van der Waals surface area contributed by atoms with Crippen LogP contribution in [0.5, 0.6) is 5.75 Å². The first-order chi connectivity index (χ1) is 12.5. The predicted molar refractivity (Wildman–Crippen MR) is 102 cm³/mol. The first-order valence-electron chi connectivity index (χ1n) is 8.63. The summed E-state index contributed by atoms with van der Waals surface area (Å²) >= 11 is 0. The number of ether oxygens (including phenoxy) is 1. The third-order valence-electron chi connectivity index (χ3n) is 4.11. The Morgan fingerprint density at radius 2 is 1.92 bits per heavy atom. The fourth-order valence-corrected chi connectivity index (χ4v) is 4.26. The van der Waals surface area contributed by atoms with Gasteiger partial charge in [-0.25, -0.2) is 13.1 Å². The minimum atomic E-state index is -3.63. The number of benzene rings is 2. The topological polar surface area (TPSA) is 73.2 Å². The van der Waals surface area contributed by atoms with E-state index in [-0.39, 0.29) is 10.8 Å². The van der Waals surface area contributed by atoms with Crippen molar-refractivity contribution in [1.82, 2.24) is 14.5 Å². The molecular formula is C19H23N3O3S. The molecule has 138 valence electrons. The molecule has 0 fully saturated rings. The van der Waals surface area contributed by atoms with E-state index in [0.29, 0.717) is 30.8 Å². The highest BCUT2D eigenvalue weighted by molar-refractivity contribution is 7.89. The molecule has 0 amide bonds. The first kappa shape index (κ1) is 18.4. The normalized spacial score (nSPS) is 13.0. The van der Waals surface area contributed by atoms with E-state index in [4.69, 9.17) is 4.74 Å². The smallest absolute Gasteiger partial charge is 0.241 e. The molecule has 3 aromatic rings. The Bertz CT molecular complexity index is 969. The SMILES string of the molecule is CCOc1ccc(S(=O)(=O)NCC(C)Cn2cccn2)c2ccccc12. The first-order valence-corrected chi connectivity index (χ1v) is 10.1. The highest BCUT2D eigenvalue weighted by Crippen LogP contribution is 2.31. The fourth-order valence-electron chi connectivity index (χ4n) is 2.88. The van der Waals surface area contributed by atoms with E-state index in [1.165, 1.54) is 0 Å². The summed E-state index contributed by atoms with van der Waals surface area (Å²) in [6.07, 6.45) is 3.58. The van der Waals surface area contributed by atoms with Crippen LogP contribution < -0.4 is 9.46 Å². The van der Waals surface area contributed by atoms with Crippen molar-refractivity contribution in [1.29, 1.82) is 0 Å². The molecule has 3 rings (SSSR count). The van der Waals surface area contributed by atoms with Gasteiger partial charge in [-0.3, -0.25) is 4.68 Å². The predicted octanol–water partition coefficient (Wildman–Crippen LogP) is 3.05. The molecule has 0 radical (unpaired) electrons. The Balaban J connectivity index is 1.82. The summed E-state index contributed by atoms with van der Waals surface area (Å²) in [6.45, 7) is 5.41. The minimum Gasteiger partial charge on any atom is -0.493 e. The number of nitrogens with zero attached hydrogens (tertiary/aromatic N) is 2. The van der Waals surface area contributed by atoms with Gasteiger partial charge in [0.25, 0.3) is 0 Å². The maximum atomic E-state index is 12.8. The van der Waals surface area contributed by atoms with Crippen molar-refractivity contribution in [2.45, 2.75) is 25.3 Å². The van der Waals surface area contributed by atoms with Gasteiger partial charge in [-0.05, 0) is 31.0 Å². The van der Waals surface area contributed by atoms with Gasteiger partial charge >= 0.3 is 0 Å². The van der Waals surface area contributed by atoms with Crippen LogP contribution in [0.15, 0.2) is 59.8 Å². The molecule has 26 heavy (non-hydrogen) atoms. The zero-order chi connectivity index (χ0) is 18.6. The summed E-state index contributed by atoms with van der Waals surface area (Å²) in [4.78, 5) is 0.267. The molecule has 1 N–H and O–H groups in total. The van der Waals surface area contributed by atoms with E-state index >= 15 is 0 Å². The summed E-state index contributed by atoms with van der Waals surface area (Å²) < 4.78 is 35.8. The van der Waals surface area contributed by atoms with Crippen molar-refractivity contribution >= 4 is 20.8 Å². The minimum absolute atomic E-state index is 0.110. The maximum absolute atomic E-state index is 12.8. The lowest BCUT2D eigenvalue weighted by Crippen LogP contribution is -2.30. The van der Waals surface area contributed by atoms with Gasteiger partial charge in [-0.15, -0.1) is 0 Å². The van der Waals surface area contributed by atoms with Gasteiger partial charge in [0.15, 0.2) is 0 Å². The van der Waals surface area contributed by atoms with E-state index in [2.05, 4.69) is 9.82 Å². The highest BCUT2D eigenvalue weighted by atomic mass is 32.2. The number of aromatic nitrogens is 2. The number of rotatable bonds is 8. The highest BCUT2D eigenvalue weighted by Gasteiger charge is 2.19. The lowest BCUT2D eigenvalue weighted by atomic mass is 10.1. The van der Waals surface area contributed by atoms with Crippen LogP contribution in [0.1, 0.15) is 13.8 Å². The van der Waals surface area contributed by atoms with Crippen LogP contribution in [-0.4, -0.2) is 31.3 Å². The molecule has 0 aliphatic heterocycles. The van der Waals surface area contributed by atoms with Crippen molar-refractivity contribution in [3.8, 4) is 5.75 Å². The molecule has 0 bridgehead atoms. The third-order valence-corrected chi connectivity index (χ3v) is 5.59. The second kappa shape index (κ2) is 7.88. The number of hydrogen-bond acceptors (Lipinski definition) is 4. The summed E-state index contributed by atoms with van der Waals surface area (Å²) in [5.41, 5.74) is 0. The van der Waals surface area contributed by atoms with E-state index in [1.807, 2.05) is 44.3 Å². The lowest BCUT2D eigenvalue weighted by molar-refractivity contribution is 0.344. The summed E-state index contributed by atoms with van der Waals surface area (Å²) in [7, 11) is -3.63. The number of hydrogen-bond donors (Lipinski definition) is 1. The van der Waals surface area contributed by atoms with E-state index < -0.39 is 10.0 Å². The van der Waals surface area contributed by atoms with Crippen molar-refractivity contribution in [3.63, 3.8) is 0 Å². The molecule has 1 atom stereocenters. The lowest BCUT2D eigenvalue weighted by Gasteiger charge is -2.15. The van der Waals surface area contributed by atoms with Gasteiger partial charge in [0, 0.05) is 36.3 Å². The molecule has 0 aliphatic carbocycles. The van der Waals surface area contributed by atoms with Crippen LogP contribution >= 0.6 is 0 Å². The Morgan fingerprint density at radius 3 is 2.62 bits per heavy atom. The van der Waals surface area contributed by atoms with Crippen LogP contribution in [-0.2, 0) is 16.6 Å². The Labute approximate surface area is 153 Å². The van der Waals surface area contributed by atoms with Crippen molar-refractivity contribution < 1.29 is 13.2 Å². The molecule has 0 saturated heterocycles. The van der Waals surface area contributed by atoms with Crippen LogP contribution in [0.2, 0.25) is 0 Å². The molecule has 0 saturated carbocycles. The number of fused-ring (bicyclic) bond motifs is 1. The Morgan fingerprint density at radius 1 is 1.15 bits per heavy atom. The number of nitrogens with one attached hydrogen (secondary N) is 1. The van der Waals surface area contributed by atoms with Gasteiger partial charge in [-0.2, -0.15) is 5.10 Å². The Kier molecular flexibility index (Phi) is 5.58. The van der Waals surface area contributed by atoms with Crippen LogP contribution in [0, 0.1) is 5.92 Å². The summed E-state index contributed by atoms with van der Waals surface area (Å²) in [5.74, 6) is 0.799. The van der Waals surface area contributed by atoms with E-state index in [1.54, 1.807) is 29.1 Å². The molecule has 1 heterocycles. The van der Waals surface area contributed by atoms with Gasteiger partial charge in [-0.1, -0.05) is 31.2 Å². The quantitative estimate of drug-likeness (QED) is 0.659. The van der Waals surface area contributed by atoms with Gasteiger partial charge in [0.05, 0.1) is 11.5 Å². The molecule has 0 aliphatic rings. The van der Waals surface area contributed by atoms with Crippen molar-refractivity contribution in [2.24, 2.45) is 5.92 Å². The molecule has 0 spiro atoms. The zero-order valence-electron chi connectivity index (χ0n) is 14.9. The van der Waals surface area contributed by atoms with E-state index in [0.717, 1.165) is 5.39 Å². The second-order valence-electron chi connectivity index (χ2n) is 6.23. The summed E-state index contributed by atoms with van der Waals surface area (Å²) in [6, 6.07) is 12.6. The summed E-state index contributed by atoms with van der Waals surface area (Å²) in [5, 5.41) is 5.60. The van der Waals surface area contributed by atoms with Crippen LogP contribution in [0.25, 0.3) is 10.8 Å². The van der Waals surface area contributed by atoms with Crippen molar-refractivity contribution in [2.75, 3.05) is 13.2 Å². The second-order valence-corrected chi connectivity index (χ2v) is 7.96. The molecule has 1 aromatic heterocycles. The van der Waals surface area contributed by atoms with Crippen molar-refractivity contribution in [3.05, 3.63) is 54.9 Å². The van der Waals surface area contributed by atoms with Gasteiger partial charge in [0.2, 0.25) is 10.0 Å². The van der Waals surface area contributed by atoms with Gasteiger partial charge < -0.3 is 4.74 Å². The van der Waals surface area contributed by atoms with E-state index in [9.17, 15) is 8.42 Å². The Hall–Kier alpha value is -2.38.